The highest BCUT2D eigenvalue weighted by Crippen LogP contribution is 2.39. The van der Waals surface area contributed by atoms with Gasteiger partial charge in [0.25, 0.3) is 0 Å². The zero-order valence-corrected chi connectivity index (χ0v) is 18.4. The van der Waals surface area contributed by atoms with Gasteiger partial charge in [-0.05, 0) is 81.0 Å². The van der Waals surface area contributed by atoms with Crippen LogP contribution < -0.4 is 0 Å². The van der Waals surface area contributed by atoms with E-state index in [0.29, 0.717) is 19.3 Å². The van der Waals surface area contributed by atoms with E-state index in [9.17, 15) is 24.5 Å². The predicted molar refractivity (Wildman–Crippen MR) is 114 cm³/mol. The average molecular weight is 425 g/mol. The first-order valence-corrected chi connectivity index (χ1v) is 11.1. The van der Waals surface area contributed by atoms with Gasteiger partial charge < -0.3 is 20.1 Å². The minimum Gasteiger partial charge on any atom is -0.469 e. The number of methoxy groups -OCH3 is 1. The lowest BCUT2D eigenvalue weighted by Crippen LogP contribution is -2.23. The van der Waals surface area contributed by atoms with Crippen LogP contribution in [0.1, 0.15) is 75.3 Å². The second-order valence-corrected chi connectivity index (χ2v) is 8.84. The Morgan fingerprint density at radius 2 is 1.80 bits per heavy atom. The Hall–Kier alpha value is -1.50. The van der Waals surface area contributed by atoms with Crippen LogP contribution in [0.2, 0.25) is 0 Å². The van der Waals surface area contributed by atoms with Crippen LogP contribution in [0.25, 0.3) is 0 Å². The quantitative estimate of drug-likeness (QED) is 0.371. The van der Waals surface area contributed by atoms with Gasteiger partial charge in [0.15, 0.2) is 0 Å². The highest BCUT2D eigenvalue weighted by molar-refractivity contribution is 5.78. The van der Waals surface area contributed by atoms with E-state index in [-0.39, 0.29) is 23.6 Å². The van der Waals surface area contributed by atoms with Gasteiger partial charge in [0.1, 0.15) is 5.82 Å². The van der Waals surface area contributed by atoms with Gasteiger partial charge in [0, 0.05) is 0 Å². The molecule has 1 fully saturated rings. The van der Waals surface area contributed by atoms with Crippen molar-refractivity contribution < 1.29 is 29.2 Å². The maximum Gasteiger partial charge on any atom is 0.313 e. The Morgan fingerprint density at radius 3 is 2.40 bits per heavy atom. The fourth-order valence-corrected chi connectivity index (χ4v) is 4.89. The molecule has 1 saturated carbocycles. The summed E-state index contributed by atoms with van der Waals surface area (Å²) in [6, 6.07) is 4.47. The molecule has 1 aromatic carbocycles. The van der Waals surface area contributed by atoms with Crippen LogP contribution in [-0.4, -0.2) is 46.7 Å². The molecule has 1 aromatic rings. The molecule has 30 heavy (non-hydrogen) atoms. The van der Waals surface area contributed by atoms with Crippen molar-refractivity contribution in [1.82, 2.24) is 0 Å². The molecule has 3 N–H and O–H groups in total. The number of hydrogen-bond acceptors (Lipinski definition) is 5. The lowest BCUT2D eigenvalue weighted by molar-refractivity contribution is -0.142. The molecule has 2 unspecified atom stereocenters. The summed E-state index contributed by atoms with van der Waals surface area (Å²) in [5, 5.41) is 30.1. The first kappa shape index (κ1) is 24.8. The van der Waals surface area contributed by atoms with Crippen LogP contribution in [0.4, 0.5) is 4.39 Å². The van der Waals surface area contributed by atoms with Crippen molar-refractivity contribution in [3.63, 3.8) is 0 Å². The third-order valence-electron chi connectivity index (χ3n) is 6.56. The predicted octanol–water partition coefficient (Wildman–Crippen LogP) is 3.86. The smallest absolute Gasteiger partial charge is 0.313 e. The topological polar surface area (TPSA) is 87.0 Å². The molecule has 0 spiro atoms. The highest BCUT2D eigenvalue weighted by Gasteiger charge is 2.40. The van der Waals surface area contributed by atoms with Crippen molar-refractivity contribution in [2.75, 3.05) is 7.11 Å². The molecule has 1 aliphatic rings. The number of benzene rings is 1. The monoisotopic (exact) mass is 424 g/mol. The summed E-state index contributed by atoms with van der Waals surface area (Å²) in [4.78, 5) is 12.3. The van der Waals surface area contributed by atoms with Crippen molar-refractivity contribution in [3.8, 4) is 0 Å². The van der Waals surface area contributed by atoms with E-state index >= 15 is 0 Å². The highest BCUT2D eigenvalue weighted by atomic mass is 19.1. The standard InChI is InChI=1S/C24H37FO5/c1-15-13-17(25)10-12-18(15)21(24(29)30-3)8-6-4-5-7-19-20(11-9-16(2)26)23(28)14-22(19)27/h10,12-13,16,19-23,26-28H,4-9,11,14H2,1-3H3/t16?,19-,20-,21?,22+,23-/m1/s1. The lowest BCUT2D eigenvalue weighted by Gasteiger charge is -2.24. The second-order valence-electron chi connectivity index (χ2n) is 8.84. The molecule has 0 amide bonds. The zero-order valence-electron chi connectivity index (χ0n) is 18.4. The average Bonchev–Trinajstić information content (AvgIpc) is 2.95. The largest absolute Gasteiger partial charge is 0.469 e. The van der Waals surface area contributed by atoms with Crippen molar-refractivity contribution >= 4 is 5.97 Å². The lowest BCUT2D eigenvalue weighted by atomic mass is 9.84. The number of hydrogen-bond donors (Lipinski definition) is 3. The Bertz CT molecular complexity index is 678. The molecule has 1 aliphatic carbocycles. The van der Waals surface area contributed by atoms with Crippen LogP contribution in [0.3, 0.4) is 0 Å². The third kappa shape index (κ3) is 6.76. The van der Waals surface area contributed by atoms with E-state index in [1.165, 1.54) is 19.2 Å². The van der Waals surface area contributed by atoms with Gasteiger partial charge in [0.05, 0.1) is 31.3 Å². The summed E-state index contributed by atoms with van der Waals surface area (Å²) in [7, 11) is 1.37. The van der Waals surface area contributed by atoms with Crippen molar-refractivity contribution in [3.05, 3.63) is 35.1 Å². The van der Waals surface area contributed by atoms with E-state index < -0.39 is 24.2 Å². The van der Waals surface area contributed by atoms with E-state index in [0.717, 1.165) is 43.2 Å². The van der Waals surface area contributed by atoms with Gasteiger partial charge in [-0.15, -0.1) is 0 Å². The molecule has 0 aliphatic heterocycles. The van der Waals surface area contributed by atoms with Crippen LogP contribution in [0.15, 0.2) is 18.2 Å². The molecule has 5 nitrogen and oxygen atoms in total. The molecule has 6 heteroatoms. The van der Waals surface area contributed by atoms with Gasteiger partial charge in [-0.3, -0.25) is 4.79 Å². The van der Waals surface area contributed by atoms with Gasteiger partial charge in [-0.2, -0.15) is 0 Å². The normalized spacial score (nSPS) is 25.8. The Kier molecular flexibility index (Phi) is 9.72. The number of aliphatic hydroxyl groups is 3. The van der Waals surface area contributed by atoms with Gasteiger partial charge in [0.2, 0.25) is 0 Å². The fourth-order valence-electron chi connectivity index (χ4n) is 4.89. The molecule has 0 bridgehead atoms. The molecule has 6 atom stereocenters. The number of rotatable bonds is 11. The number of carbonyl (C=O) groups excluding carboxylic acids is 1. The maximum absolute atomic E-state index is 13.4. The van der Waals surface area contributed by atoms with E-state index in [4.69, 9.17) is 4.74 Å². The first-order chi connectivity index (χ1) is 14.2. The summed E-state index contributed by atoms with van der Waals surface area (Å²) in [5.41, 5.74) is 1.55. The maximum atomic E-state index is 13.4. The minimum absolute atomic E-state index is 0.0271. The molecule has 0 heterocycles. The zero-order chi connectivity index (χ0) is 22.3. The molecule has 170 valence electrons. The Labute approximate surface area is 179 Å². The number of halogens is 1. The molecule has 0 aromatic heterocycles. The van der Waals surface area contributed by atoms with Crippen LogP contribution >= 0.6 is 0 Å². The number of unbranched alkanes of at least 4 members (excludes halogenated alkanes) is 2. The SMILES string of the molecule is COC(=O)C(CCCCC[C@@H]1[C@@H](CCC(C)O)[C@H](O)C[C@@H]1O)c1ccc(F)cc1C. The number of ether oxygens (including phenoxy) is 1. The summed E-state index contributed by atoms with van der Waals surface area (Å²) < 4.78 is 18.4. The number of carbonyl (C=O) groups is 1. The summed E-state index contributed by atoms with van der Waals surface area (Å²) in [5.74, 6) is -0.957. The third-order valence-corrected chi connectivity index (χ3v) is 6.56. The fraction of sp³-hybridized carbons (Fsp3) is 0.708. The Morgan fingerprint density at radius 1 is 1.13 bits per heavy atom. The molecular formula is C24H37FO5. The minimum atomic E-state index is -0.506. The summed E-state index contributed by atoms with van der Waals surface area (Å²) >= 11 is 0. The summed E-state index contributed by atoms with van der Waals surface area (Å²) in [6.45, 7) is 3.54. The van der Waals surface area contributed by atoms with Crippen LogP contribution in [0.5, 0.6) is 0 Å². The van der Waals surface area contributed by atoms with Gasteiger partial charge in [-0.1, -0.05) is 25.3 Å². The van der Waals surface area contributed by atoms with Gasteiger partial charge in [-0.25, -0.2) is 4.39 Å². The number of aliphatic hydroxyl groups excluding tert-OH is 3. The molecule has 0 saturated heterocycles. The first-order valence-electron chi connectivity index (χ1n) is 11.1. The van der Waals surface area contributed by atoms with Gasteiger partial charge >= 0.3 is 5.97 Å². The molecule has 2 rings (SSSR count). The van der Waals surface area contributed by atoms with E-state index in [1.807, 2.05) is 0 Å². The van der Waals surface area contributed by atoms with Crippen LogP contribution in [-0.2, 0) is 9.53 Å². The van der Waals surface area contributed by atoms with E-state index in [2.05, 4.69) is 0 Å². The molecule has 0 radical (unpaired) electrons. The van der Waals surface area contributed by atoms with Crippen molar-refractivity contribution in [2.24, 2.45) is 11.8 Å². The number of aryl methyl sites for hydroxylation is 1. The van der Waals surface area contributed by atoms with E-state index in [1.54, 1.807) is 19.9 Å². The summed E-state index contributed by atoms with van der Waals surface area (Å²) in [6.07, 6.45) is 4.41. The second kappa shape index (κ2) is 11.8. The molecular weight excluding hydrogens is 387 g/mol. The van der Waals surface area contributed by atoms with Crippen molar-refractivity contribution in [1.29, 1.82) is 0 Å². The number of esters is 1. The van der Waals surface area contributed by atoms with Crippen molar-refractivity contribution in [2.45, 2.75) is 89.4 Å². The Balaban J connectivity index is 1.86. The van der Waals surface area contributed by atoms with Crippen LogP contribution in [0, 0.1) is 24.6 Å².